The smallest absolute Gasteiger partial charge is 0.415 e. The summed E-state index contributed by atoms with van der Waals surface area (Å²) in [5, 5.41) is 8.21. The Hall–Kier alpha value is -0.970. The Morgan fingerprint density at radius 1 is 1.57 bits per heavy atom. The van der Waals surface area contributed by atoms with E-state index in [0.29, 0.717) is 12.8 Å². The summed E-state index contributed by atoms with van der Waals surface area (Å²) in [5.41, 5.74) is -1.12. The van der Waals surface area contributed by atoms with E-state index in [-0.39, 0.29) is 11.8 Å². The monoisotopic (exact) mass is 327 g/mol. The van der Waals surface area contributed by atoms with Crippen LogP contribution in [0.5, 0.6) is 0 Å². The molecule has 1 saturated carbocycles. The van der Waals surface area contributed by atoms with E-state index in [9.17, 15) is 23.6 Å². The maximum absolute atomic E-state index is 13.4. The lowest BCUT2D eigenvalue weighted by molar-refractivity contribution is -0.777. The summed E-state index contributed by atoms with van der Waals surface area (Å²) in [5.74, 6) is -2.91. The molecule has 0 aromatic heterocycles. The Morgan fingerprint density at radius 2 is 2.24 bits per heavy atom. The first-order valence-electron chi connectivity index (χ1n) is 6.15. The van der Waals surface area contributed by atoms with Crippen molar-refractivity contribution in [3.8, 4) is 0 Å². The normalized spacial score (nSPS) is 35.5. The first-order chi connectivity index (χ1) is 9.69. The molecule has 4 unspecified atom stereocenters. The number of carbonyl (C=O) groups excluding carboxylic acids is 2. The van der Waals surface area contributed by atoms with E-state index in [4.69, 9.17) is 9.47 Å². The highest BCUT2D eigenvalue weighted by Gasteiger charge is 2.58. The van der Waals surface area contributed by atoms with Crippen LogP contribution in [0.2, 0.25) is 0 Å². The summed E-state index contributed by atoms with van der Waals surface area (Å²) < 4.78 is 40.2. The molecule has 0 amide bonds. The van der Waals surface area contributed by atoms with Crippen LogP contribution in [-0.4, -0.2) is 28.9 Å². The number of hydrogen-bond acceptors (Lipinski definition) is 8. The second kappa shape index (κ2) is 5.67. The van der Waals surface area contributed by atoms with Crippen LogP contribution in [0.1, 0.15) is 26.7 Å². The van der Waals surface area contributed by atoms with Gasteiger partial charge in [-0.2, -0.15) is 13.1 Å². The minimum absolute atomic E-state index is 0.299. The minimum atomic E-state index is -4.11. The van der Waals surface area contributed by atoms with Crippen molar-refractivity contribution < 1.29 is 42.5 Å². The molecule has 7 nitrogen and oxygen atoms in total. The first-order valence-corrected chi connectivity index (χ1v) is 6.90. The number of fused-ring (bicyclic) bond motifs is 2. The molecule has 10 heteroatoms. The number of carbonyl (C=O) groups is 2. The highest BCUT2D eigenvalue weighted by atomic mass is 32.2. The van der Waals surface area contributed by atoms with Gasteiger partial charge < -0.3 is 14.7 Å². The first kappa shape index (κ1) is 16.4. The zero-order valence-corrected chi connectivity index (χ0v) is 12.0. The van der Waals surface area contributed by atoms with Crippen LogP contribution < -0.4 is 5.26 Å². The van der Waals surface area contributed by atoms with Gasteiger partial charge in [0.05, 0.1) is 5.92 Å². The van der Waals surface area contributed by atoms with E-state index in [1.165, 1.54) is 0 Å². The average molecular weight is 327 g/mol. The predicted molar refractivity (Wildman–Crippen MR) is 61.0 cm³/mol. The molecule has 2 aliphatic rings. The SMILES string of the molecule is CC1CC2CC(C)(OC2=O)C1OC(=O)C(F)(F)SOO[O-]. The standard InChI is InChI=1S/C11H14F2O7S/c1-5-3-6-4-10(2,18-8(6)14)7(5)17-9(15)11(12,13)21-20-19-16/h5-7,16H,3-4H2,1-2H3/p-1. The van der Waals surface area contributed by atoms with Crippen molar-refractivity contribution in [2.75, 3.05) is 0 Å². The Bertz CT molecular complexity index is 446. The molecule has 2 fully saturated rings. The zero-order valence-electron chi connectivity index (χ0n) is 11.2. The van der Waals surface area contributed by atoms with Crippen molar-refractivity contribution in [1.82, 2.24) is 0 Å². The van der Waals surface area contributed by atoms with E-state index in [1.54, 1.807) is 13.8 Å². The van der Waals surface area contributed by atoms with Crippen molar-refractivity contribution in [1.29, 1.82) is 0 Å². The molecule has 21 heavy (non-hydrogen) atoms. The molecule has 1 aliphatic carbocycles. The van der Waals surface area contributed by atoms with E-state index >= 15 is 0 Å². The molecular formula is C11H13F2O7S-. The van der Waals surface area contributed by atoms with E-state index in [0.717, 1.165) is 0 Å². The van der Waals surface area contributed by atoms with Gasteiger partial charge in [0, 0.05) is 6.42 Å². The van der Waals surface area contributed by atoms with E-state index in [1.807, 2.05) is 0 Å². The maximum Gasteiger partial charge on any atom is 0.415 e. The molecule has 1 heterocycles. The highest BCUT2D eigenvalue weighted by molar-refractivity contribution is 7.96. The molecule has 1 saturated heterocycles. The molecule has 2 bridgehead atoms. The fourth-order valence-electron chi connectivity index (χ4n) is 2.97. The van der Waals surface area contributed by atoms with Gasteiger partial charge in [-0.05, 0) is 19.3 Å². The van der Waals surface area contributed by atoms with Crippen LogP contribution in [0.4, 0.5) is 8.78 Å². The Morgan fingerprint density at radius 3 is 2.86 bits per heavy atom. The van der Waals surface area contributed by atoms with Crippen LogP contribution >= 0.6 is 12.0 Å². The molecule has 0 radical (unpaired) electrons. The van der Waals surface area contributed by atoms with Gasteiger partial charge in [0.1, 0.15) is 23.7 Å². The second-order valence-corrected chi connectivity index (χ2v) is 6.23. The van der Waals surface area contributed by atoms with Crippen molar-refractivity contribution in [2.45, 2.75) is 43.6 Å². The maximum atomic E-state index is 13.4. The van der Waals surface area contributed by atoms with Gasteiger partial charge >= 0.3 is 17.2 Å². The Balaban J connectivity index is 2.07. The van der Waals surface area contributed by atoms with Crippen molar-refractivity contribution in [2.24, 2.45) is 11.8 Å². The minimum Gasteiger partial charge on any atom is -0.691 e. The topological polar surface area (TPSA) is 94.1 Å². The van der Waals surface area contributed by atoms with Crippen LogP contribution in [0.15, 0.2) is 0 Å². The lowest BCUT2D eigenvalue weighted by atomic mass is 9.74. The molecule has 0 spiro atoms. The average Bonchev–Trinajstić information content (AvgIpc) is 2.64. The summed E-state index contributed by atoms with van der Waals surface area (Å²) in [6.45, 7) is 3.23. The zero-order chi connectivity index (χ0) is 15.8. The Kier molecular flexibility index (Phi) is 4.43. The number of esters is 2. The fraction of sp³-hybridized carbons (Fsp3) is 0.818. The molecule has 120 valence electrons. The van der Waals surface area contributed by atoms with Crippen LogP contribution in [-0.2, 0) is 28.4 Å². The third kappa shape index (κ3) is 3.12. The van der Waals surface area contributed by atoms with E-state index in [2.05, 4.69) is 9.37 Å². The number of alkyl halides is 2. The van der Waals surface area contributed by atoms with Gasteiger partial charge in [-0.15, -0.1) is 0 Å². The number of hydrogen-bond donors (Lipinski definition) is 0. The van der Waals surface area contributed by atoms with Crippen molar-refractivity contribution in [3.63, 3.8) is 0 Å². The van der Waals surface area contributed by atoms with Gasteiger partial charge in [0.2, 0.25) is 0 Å². The van der Waals surface area contributed by atoms with Gasteiger partial charge in [-0.1, -0.05) is 6.92 Å². The van der Waals surface area contributed by atoms with Gasteiger partial charge in [0.25, 0.3) is 0 Å². The molecular weight excluding hydrogens is 314 g/mol. The second-order valence-electron chi connectivity index (χ2n) is 5.41. The number of halogens is 2. The molecule has 4 atom stereocenters. The number of ether oxygens (including phenoxy) is 2. The summed E-state index contributed by atoms with van der Waals surface area (Å²) in [6.07, 6.45) is -0.287. The third-order valence-corrected chi connectivity index (χ3v) is 4.23. The van der Waals surface area contributed by atoms with Gasteiger partial charge in [-0.3, -0.25) is 9.83 Å². The summed E-state index contributed by atoms with van der Waals surface area (Å²) in [6, 6.07) is 0. The third-order valence-electron chi connectivity index (χ3n) is 3.73. The van der Waals surface area contributed by atoms with Crippen LogP contribution in [0.3, 0.4) is 0 Å². The summed E-state index contributed by atoms with van der Waals surface area (Å²) in [7, 11) is 0. The fourth-order valence-corrected chi connectivity index (χ4v) is 3.20. The lowest BCUT2D eigenvalue weighted by Crippen LogP contribution is -2.50. The quantitative estimate of drug-likeness (QED) is 0.316. The number of rotatable bonds is 5. The highest BCUT2D eigenvalue weighted by Crippen LogP contribution is 2.47. The molecule has 0 aromatic rings. The van der Waals surface area contributed by atoms with E-state index < -0.39 is 40.9 Å². The van der Waals surface area contributed by atoms with Gasteiger partial charge in [0.15, 0.2) is 0 Å². The van der Waals surface area contributed by atoms with Crippen molar-refractivity contribution in [3.05, 3.63) is 0 Å². The lowest BCUT2D eigenvalue weighted by Gasteiger charge is -2.39. The predicted octanol–water partition coefficient (Wildman–Crippen LogP) is 0.724. The van der Waals surface area contributed by atoms with Crippen LogP contribution in [0, 0.1) is 11.8 Å². The largest absolute Gasteiger partial charge is 0.691 e. The van der Waals surface area contributed by atoms with Crippen LogP contribution in [0.25, 0.3) is 0 Å². The summed E-state index contributed by atoms with van der Waals surface area (Å²) >= 11 is -0.755. The summed E-state index contributed by atoms with van der Waals surface area (Å²) in [4.78, 5) is 23.1. The molecule has 2 rings (SSSR count). The molecule has 1 aliphatic heterocycles. The molecule has 0 N–H and O–H groups in total. The Labute approximate surface area is 122 Å². The van der Waals surface area contributed by atoms with Gasteiger partial charge in [-0.25, -0.2) is 4.79 Å². The molecule has 0 aromatic carbocycles. The van der Waals surface area contributed by atoms with Crippen molar-refractivity contribution >= 4 is 24.0 Å².